The Morgan fingerprint density at radius 3 is 2.88 bits per heavy atom. The summed E-state index contributed by atoms with van der Waals surface area (Å²) >= 11 is 0. The van der Waals surface area contributed by atoms with Gasteiger partial charge in [0.15, 0.2) is 0 Å². The lowest BCUT2D eigenvalue weighted by Crippen LogP contribution is -2.43. The Morgan fingerprint density at radius 1 is 1.27 bits per heavy atom. The number of hydrogen-bond acceptors (Lipinski definition) is 3. The van der Waals surface area contributed by atoms with Crippen LogP contribution in [-0.4, -0.2) is 28.4 Å². The third kappa shape index (κ3) is 3.90. The van der Waals surface area contributed by atoms with Crippen LogP contribution < -0.4 is 5.32 Å². The van der Waals surface area contributed by atoms with Crippen molar-refractivity contribution in [3.63, 3.8) is 0 Å². The van der Waals surface area contributed by atoms with E-state index in [1.165, 1.54) is 17.5 Å². The second kappa shape index (κ2) is 8.35. The highest BCUT2D eigenvalue weighted by Crippen LogP contribution is 2.27. The van der Waals surface area contributed by atoms with E-state index in [0.717, 1.165) is 43.6 Å². The average Bonchev–Trinajstić information content (AvgIpc) is 2.69. The first-order valence-corrected chi connectivity index (χ1v) is 9.75. The normalized spacial score (nSPS) is 17.2. The van der Waals surface area contributed by atoms with Crippen molar-refractivity contribution >= 4 is 17.3 Å². The van der Waals surface area contributed by atoms with E-state index in [9.17, 15) is 4.79 Å². The van der Waals surface area contributed by atoms with Crippen molar-refractivity contribution in [1.82, 2.24) is 9.88 Å². The number of benzene rings is 1. The molecule has 138 valence electrons. The number of carbonyl (C=O) groups excluding carboxylic acids is 1. The van der Waals surface area contributed by atoms with Gasteiger partial charge in [0.2, 0.25) is 0 Å². The molecule has 4 heteroatoms. The van der Waals surface area contributed by atoms with Crippen molar-refractivity contribution in [1.29, 1.82) is 0 Å². The average molecular weight is 351 g/mol. The summed E-state index contributed by atoms with van der Waals surface area (Å²) in [7, 11) is 0. The van der Waals surface area contributed by atoms with Crippen molar-refractivity contribution < 1.29 is 4.79 Å². The molecule has 0 bridgehead atoms. The van der Waals surface area contributed by atoms with Gasteiger partial charge in [-0.25, -0.2) is 0 Å². The minimum absolute atomic E-state index is 0.105. The number of rotatable bonds is 5. The molecule has 1 fully saturated rings. The van der Waals surface area contributed by atoms with E-state index in [2.05, 4.69) is 49.3 Å². The lowest BCUT2D eigenvalue weighted by Gasteiger charge is -2.35. The van der Waals surface area contributed by atoms with Crippen LogP contribution in [0.1, 0.15) is 61.0 Å². The number of nitrogens with one attached hydrogen (secondary N) is 1. The Labute approximate surface area is 156 Å². The summed E-state index contributed by atoms with van der Waals surface area (Å²) in [5.41, 5.74) is 5.12. The minimum atomic E-state index is 0.105. The van der Waals surface area contributed by atoms with Crippen LogP contribution in [0, 0.1) is 6.92 Å². The Hall–Kier alpha value is -2.36. The molecule has 1 aliphatic heterocycles. The first-order chi connectivity index (χ1) is 12.6. The number of hydrogen-bond donors (Lipinski definition) is 1. The molecular weight excluding hydrogens is 322 g/mol. The van der Waals surface area contributed by atoms with Gasteiger partial charge in [-0.05, 0) is 56.2 Å². The van der Waals surface area contributed by atoms with Gasteiger partial charge < -0.3 is 10.2 Å². The van der Waals surface area contributed by atoms with E-state index in [1.54, 1.807) is 12.4 Å². The first-order valence-electron chi connectivity index (χ1n) is 9.75. The van der Waals surface area contributed by atoms with Crippen LogP contribution in [0.2, 0.25) is 0 Å². The quantitative estimate of drug-likeness (QED) is 0.815. The monoisotopic (exact) mass is 351 g/mol. The van der Waals surface area contributed by atoms with Crippen LogP contribution in [-0.2, 0) is 6.42 Å². The molecule has 0 saturated carbocycles. The maximum Gasteiger partial charge on any atom is 0.255 e. The van der Waals surface area contributed by atoms with Crippen molar-refractivity contribution in [2.45, 2.75) is 58.9 Å². The molecule has 3 rings (SSSR count). The zero-order chi connectivity index (χ0) is 18.5. The summed E-state index contributed by atoms with van der Waals surface area (Å²) < 4.78 is 0. The Morgan fingerprint density at radius 2 is 2.12 bits per heavy atom. The number of nitrogens with zero attached hydrogens (tertiary/aromatic N) is 2. The number of anilines is 2. The zero-order valence-electron chi connectivity index (χ0n) is 16.1. The first kappa shape index (κ1) is 18.4. The van der Waals surface area contributed by atoms with Gasteiger partial charge in [0.05, 0.1) is 17.4 Å². The second-order valence-electron chi connectivity index (χ2n) is 7.11. The summed E-state index contributed by atoms with van der Waals surface area (Å²) in [4.78, 5) is 19.4. The predicted octanol–water partition coefficient (Wildman–Crippen LogP) is 5.10. The van der Waals surface area contributed by atoms with Crippen LogP contribution in [0.15, 0.2) is 36.7 Å². The van der Waals surface area contributed by atoms with Gasteiger partial charge in [0.1, 0.15) is 0 Å². The smallest absolute Gasteiger partial charge is 0.255 e. The van der Waals surface area contributed by atoms with Crippen LogP contribution in [0.4, 0.5) is 11.4 Å². The fraction of sp³-hybridized carbons (Fsp3) is 0.455. The molecular formula is C22H29N3O. The highest BCUT2D eigenvalue weighted by Gasteiger charge is 2.26. The molecule has 0 spiro atoms. The third-order valence-electron chi connectivity index (χ3n) is 5.35. The fourth-order valence-corrected chi connectivity index (χ4v) is 3.83. The van der Waals surface area contributed by atoms with Crippen LogP contribution in [0.3, 0.4) is 0 Å². The molecule has 1 aromatic carbocycles. The number of aromatic nitrogens is 1. The van der Waals surface area contributed by atoms with E-state index >= 15 is 0 Å². The number of piperidine rings is 1. The molecule has 26 heavy (non-hydrogen) atoms. The van der Waals surface area contributed by atoms with Crippen molar-refractivity contribution in [3.05, 3.63) is 53.3 Å². The number of para-hydroxylation sites is 1. The number of carbonyl (C=O) groups is 1. The van der Waals surface area contributed by atoms with E-state index in [-0.39, 0.29) is 5.91 Å². The topological polar surface area (TPSA) is 45.2 Å². The van der Waals surface area contributed by atoms with Gasteiger partial charge in [0, 0.05) is 24.5 Å². The van der Waals surface area contributed by atoms with Crippen molar-refractivity contribution in [3.8, 4) is 0 Å². The Balaban J connectivity index is 1.84. The van der Waals surface area contributed by atoms with Gasteiger partial charge in [-0.1, -0.05) is 32.0 Å². The van der Waals surface area contributed by atoms with E-state index in [1.807, 2.05) is 11.0 Å². The van der Waals surface area contributed by atoms with Crippen molar-refractivity contribution in [2.24, 2.45) is 0 Å². The van der Waals surface area contributed by atoms with E-state index < -0.39 is 0 Å². The summed E-state index contributed by atoms with van der Waals surface area (Å²) in [6, 6.07) is 8.61. The highest BCUT2D eigenvalue weighted by atomic mass is 16.2. The van der Waals surface area contributed by atoms with Gasteiger partial charge in [-0.15, -0.1) is 0 Å². The SMILES string of the molecule is CCc1cccc(C)c1Nc1cncc(C(=O)N2CCCCC2CC)c1. The number of pyridine rings is 1. The van der Waals surface area contributed by atoms with E-state index in [4.69, 9.17) is 0 Å². The molecule has 2 aromatic rings. The van der Waals surface area contributed by atoms with Gasteiger partial charge >= 0.3 is 0 Å². The molecule has 1 saturated heterocycles. The summed E-state index contributed by atoms with van der Waals surface area (Å²) in [6.07, 6.45) is 8.87. The van der Waals surface area contributed by atoms with Gasteiger partial charge in [-0.3, -0.25) is 9.78 Å². The molecule has 2 heterocycles. The predicted molar refractivity (Wildman–Crippen MR) is 107 cm³/mol. The standard InChI is InChI=1S/C22H29N3O/c1-4-17-10-8-9-16(3)21(17)24-19-13-18(14-23-15-19)22(26)25-12-7-6-11-20(25)5-2/h8-10,13-15,20,24H,4-7,11-12H2,1-3H3. The Bertz CT molecular complexity index is 772. The highest BCUT2D eigenvalue weighted by molar-refractivity contribution is 5.95. The molecule has 1 aromatic heterocycles. The Kier molecular flexibility index (Phi) is 5.92. The molecule has 1 unspecified atom stereocenters. The molecule has 0 aliphatic carbocycles. The lowest BCUT2D eigenvalue weighted by molar-refractivity contribution is 0.0607. The number of aryl methyl sites for hydroxylation is 2. The van der Waals surface area contributed by atoms with E-state index in [0.29, 0.717) is 11.6 Å². The fourth-order valence-electron chi connectivity index (χ4n) is 3.83. The minimum Gasteiger partial charge on any atom is -0.354 e. The zero-order valence-corrected chi connectivity index (χ0v) is 16.1. The second-order valence-corrected chi connectivity index (χ2v) is 7.11. The maximum atomic E-state index is 13.0. The summed E-state index contributed by atoms with van der Waals surface area (Å²) in [5, 5.41) is 3.48. The van der Waals surface area contributed by atoms with Crippen molar-refractivity contribution in [2.75, 3.05) is 11.9 Å². The third-order valence-corrected chi connectivity index (χ3v) is 5.35. The largest absolute Gasteiger partial charge is 0.354 e. The summed E-state index contributed by atoms with van der Waals surface area (Å²) in [6.45, 7) is 7.27. The van der Waals surface area contributed by atoms with Crippen LogP contribution in [0.5, 0.6) is 0 Å². The van der Waals surface area contributed by atoms with Crippen LogP contribution in [0.25, 0.3) is 0 Å². The number of amides is 1. The molecule has 1 aliphatic rings. The van der Waals surface area contributed by atoms with Gasteiger partial charge in [-0.2, -0.15) is 0 Å². The number of likely N-dealkylation sites (tertiary alicyclic amines) is 1. The molecule has 0 radical (unpaired) electrons. The molecule has 1 amide bonds. The summed E-state index contributed by atoms with van der Waals surface area (Å²) in [5.74, 6) is 0.105. The maximum absolute atomic E-state index is 13.0. The van der Waals surface area contributed by atoms with Gasteiger partial charge in [0.25, 0.3) is 5.91 Å². The molecule has 4 nitrogen and oxygen atoms in total. The lowest BCUT2D eigenvalue weighted by atomic mass is 9.99. The van der Waals surface area contributed by atoms with Crippen LogP contribution >= 0.6 is 0 Å². The molecule has 1 atom stereocenters. The molecule has 1 N–H and O–H groups in total.